The van der Waals surface area contributed by atoms with Gasteiger partial charge in [0.05, 0.1) is 5.75 Å². The number of pyridine rings is 1. The molecule has 3 rings (SSSR count). The van der Waals surface area contributed by atoms with Crippen LogP contribution in [-0.4, -0.2) is 31.4 Å². The van der Waals surface area contributed by atoms with Gasteiger partial charge in [0.2, 0.25) is 5.91 Å². The molecule has 0 radical (unpaired) electrons. The van der Waals surface area contributed by atoms with Crippen LogP contribution in [0.15, 0.2) is 66.6 Å². The molecule has 0 spiro atoms. The number of aromatic nitrogens is 4. The van der Waals surface area contributed by atoms with E-state index >= 15 is 0 Å². The SMILES string of the molecule is C=CCn1c(SCC(=O)Nc2cccc(C)c2)nnc1-c1cccnc1. The van der Waals surface area contributed by atoms with Crippen LogP contribution in [0.1, 0.15) is 5.56 Å². The summed E-state index contributed by atoms with van der Waals surface area (Å²) < 4.78 is 1.93. The summed E-state index contributed by atoms with van der Waals surface area (Å²) in [6, 6.07) is 11.5. The Morgan fingerprint density at radius 2 is 2.19 bits per heavy atom. The van der Waals surface area contributed by atoms with Gasteiger partial charge in [0.25, 0.3) is 0 Å². The average Bonchev–Trinajstić information content (AvgIpc) is 3.04. The first-order valence-corrected chi connectivity index (χ1v) is 9.10. The lowest BCUT2D eigenvalue weighted by atomic mass is 10.2. The second-order valence-electron chi connectivity index (χ2n) is 5.65. The number of thioether (sulfide) groups is 1. The number of anilines is 1. The molecule has 6 nitrogen and oxygen atoms in total. The molecule has 0 saturated heterocycles. The normalized spacial score (nSPS) is 10.5. The van der Waals surface area contributed by atoms with Crippen LogP contribution in [0.4, 0.5) is 5.69 Å². The van der Waals surface area contributed by atoms with Crippen molar-refractivity contribution >= 4 is 23.4 Å². The van der Waals surface area contributed by atoms with Crippen LogP contribution < -0.4 is 5.32 Å². The van der Waals surface area contributed by atoms with Gasteiger partial charge in [0, 0.05) is 30.2 Å². The second kappa shape index (κ2) is 8.44. The van der Waals surface area contributed by atoms with Crippen molar-refractivity contribution in [2.45, 2.75) is 18.6 Å². The van der Waals surface area contributed by atoms with Gasteiger partial charge in [0.1, 0.15) is 0 Å². The van der Waals surface area contributed by atoms with E-state index in [0.29, 0.717) is 17.5 Å². The van der Waals surface area contributed by atoms with Gasteiger partial charge in [-0.1, -0.05) is 30.0 Å². The number of benzene rings is 1. The molecule has 1 aromatic carbocycles. The molecule has 0 atom stereocenters. The minimum Gasteiger partial charge on any atom is -0.325 e. The lowest BCUT2D eigenvalue weighted by Gasteiger charge is -2.08. The third-order valence-corrected chi connectivity index (χ3v) is 4.55. The molecule has 1 N–H and O–H groups in total. The van der Waals surface area contributed by atoms with Gasteiger partial charge in [-0.15, -0.1) is 16.8 Å². The quantitative estimate of drug-likeness (QED) is 0.512. The van der Waals surface area contributed by atoms with E-state index in [-0.39, 0.29) is 11.7 Å². The van der Waals surface area contributed by atoms with Crippen molar-refractivity contribution in [1.29, 1.82) is 0 Å². The maximum Gasteiger partial charge on any atom is 0.234 e. The number of amides is 1. The number of aryl methyl sites for hydroxylation is 1. The molecule has 26 heavy (non-hydrogen) atoms. The molecule has 1 amide bonds. The van der Waals surface area contributed by atoms with Gasteiger partial charge in [-0.05, 0) is 36.8 Å². The molecule has 0 bridgehead atoms. The number of carbonyl (C=O) groups is 1. The van der Waals surface area contributed by atoms with Crippen LogP contribution in [0.5, 0.6) is 0 Å². The Morgan fingerprint density at radius 1 is 1.31 bits per heavy atom. The lowest BCUT2D eigenvalue weighted by molar-refractivity contribution is -0.113. The molecule has 2 heterocycles. The van der Waals surface area contributed by atoms with E-state index in [4.69, 9.17) is 0 Å². The number of allylic oxidation sites excluding steroid dienone is 1. The minimum absolute atomic E-state index is 0.0864. The lowest BCUT2D eigenvalue weighted by Crippen LogP contribution is -2.14. The van der Waals surface area contributed by atoms with E-state index in [1.807, 2.05) is 47.9 Å². The Kier molecular flexibility index (Phi) is 5.80. The van der Waals surface area contributed by atoms with Crippen molar-refractivity contribution in [3.63, 3.8) is 0 Å². The molecule has 0 unspecified atom stereocenters. The van der Waals surface area contributed by atoms with E-state index in [2.05, 4.69) is 27.1 Å². The summed E-state index contributed by atoms with van der Waals surface area (Å²) in [4.78, 5) is 16.3. The Morgan fingerprint density at radius 3 is 2.92 bits per heavy atom. The highest BCUT2D eigenvalue weighted by Gasteiger charge is 2.15. The zero-order valence-electron chi connectivity index (χ0n) is 14.4. The van der Waals surface area contributed by atoms with E-state index in [1.54, 1.807) is 18.5 Å². The molecule has 7 heteroatoms. The molecule has 0 aliphatic heterocycles. The summed E-state index contributed by atoms with van der Waals surface area (Å²) in [6.45, 7) is 6.33. The van der Waals surface area contributed by atoms with Crippen molar-refractivity contribution in [3.05, 3.63) is 67.0 Å². The van der Waals surface area contributed by atoms with Gasteiger partial charge in [-0.2, -0.15) is 0 Å². The summed E-state index contributed by atoms with van der Waals surface area (Å²) in [5.41, 5.74) is 2.76. The van der Waals surface area contributed by atoms with Crippen molar-refractivity contribution in [2.75, 3.05) is 11.1 Å². The predicted octanol–water partition coefficient (Wildman–Crippen LogP) is 3.57. The molecule has 2 aromatic heterocycles. The van der Waals surface area contributed by atoms with E-state index < -0.39 is 0 Å². The van der Waals surface area contributed by atoms with Crippen LogP contribution in [0.25, 0.3) is 11.4 Å². The zero-order valence-corrected chi connectivity index (χ0v) is 15.2. The number of hydrogen-bond acceptors (Lipinski definition) is 5. The van der Waals surface area contributed by atoms with Crippen LogP contribution in [-0.2, 0) is 11.3 Å². The predicted molar refractivity (Wildman–Crippen MR) is 104 cm³/mol. The summed E-state index contributed by atoms with van der Waals surface area (Å²) in [5, 5.41) is 12.0. The van der Waals surface area contributed by atoms with Crippen LogP contribution in [0.3, 0.4) is 0 Å². The average molecular weight is 365 g/mol. The first-order valence-electron chi connectivity index (χ1n) is 8.11. The standard InChI is InChI=1S/C19H19N5OS/c1-3-10-24-18(15-7-5-9-20-12-15)22-23-19(24)26-13-17(25)21-16-8-4-6-14(2)11-16/h3-9,11-12H,1,10,13H2,2H3,(H,21,25). The van der Waals surface area contributed by atoms with E-state index in [0.717, 1.165) is 16.8 Å². The van der Waals surface area contributed by atoms with Crippen LogP contribution in [0.2, 0.25) is 0 Å². The molecule has 0 aliphatic rings. The largest absolute Gasteiger partial charge is 0.325 e. The van der Waals surface area contributed by atoms with Gasteiger partial charge in [-0.25, -0.2) is 0 Å². The Bertz CT molecular complexity index is 907. The first-order chi connectivity index (χ1) is 12.7. The summed E-state index contributed by atoms with van der Waals surface area (Å²) in [5.74, 6) is 0.868. The minimum atomic E-state index is -0.0864. The molecule has 0 saturated carbocycles. The summed E-state index contributed by atoms with van der Waals surface area (Å²) >= 11 is 1.34. The summed E-state index contributed by atoms with van der Waals surface area (Å²) in [7, 11) is 0. The molecular formula is C19H19N5OS. The highest BCUT2D eigenvalue weighted by molar-refractivity contribution is 7.99. The molecular weight excluding hydrogens is 346 g/mol. The van der Waals surface area contributed by atoms with Crippen molar-refractivity contribution in [3.8, 4) is 11.4 Å². The van der Waals surface area contributed by atoms with Gasteiger partial charge < -0.3 is 5.32 Å². The topological polar surface area (TPSA) is 72.7 Å². The van der Waals surface area contributed by atoms with Crippen LogP contribution >= 0.6 is 11.8 Å². The van der Waals surface area contributed by atoms with Gasteiger partial charge >= 0.3 is 0 Å². The number of nitrogens with zero attached hydrogens (tertiary/aromatic N) is 4. The monoisotopic (exact) mass is 365 g/mol. The highest BCUT2D eigenvalue weighted by Crippen LogP contribution is 2.23. The fourth-order valence-corrected chi connectivity index (χ4v) is 3.20. The highest BCUT2D eigenvalue weighted by atomic mass is 32.2. The molecule has 0 aliphatic carbocycles. The Labute approximate surface area is 156 Å². The number of nitrogens with one attached hydrogen (secondary N) is 1. The summed E-state index contributed by atoms with van der Waals surface area (Å²) in [6.07, 6.45) is 5.23. The molecule has 132 valence electrons. The number of carbonyl (C=O) groups excluding carboxylic acids is 1. The fraction of sp³-hybridized carbons (Fsp3) is 0.158. The van der Waals surface area contributed by atoms with Crippen LogP contribution in [0, 0.1) is 6.92 Å². The third kappa shape index (κ3) is 4.37. The van der Waals surface area contributed by atoms with Gasteiger partial charge in [0.15, 0.2) is 11.0 Å². The van der Waals surface area contributed by atoms with E-state index in [1.165, 1.54) is 11.8 Å². The zero-order chi connectivity index (χ0) is 18.4. The van der Waals surface area contributed by atoms with Crippen molar-refractivity contribution < 1.29 is 4.79 Å². The fourth-order valence-electron chi connectivity index (χ4n) is 2.45. The molecule has 3 aromatic rings. The van der Waals surface area contributed by atoms with Gasteiger partial charge in [-0.3, -0.25) is 14.3 Å². The smallest absolute Gasteiger partial charge is 0.234 e. The third-order valence-electron chi connectivity index (χ3n) is 3.58. The second-order valence-corrected chi connectivity index (χ2v) is 6.60. The maximum atomic E-state index is 12.2. The Balaban J connectivity index is 1.70. The number of hydrogen-bond donors (Lipinski definition) is 1. The first kappa shape index (κ1) is 17.9. The molecule has 0 fully saturated rings. The van der Waals surface area contributed by atoms with E-state index in [9.17, 15) is 4.79 Å². The van der Waals surface area contributed by atoms with Crippen molar-refractivity contribution in [1.82, 2.24) is 19.7 Å². The maximum absolute atomic E-state index is 12.2. The van der Waals surface area contributed by atoms with Crippen molar-refractivity contribution in [2.24, 2.45) is 0 Å². The Hall–Kier alpha value is -2.93. The number of rotatable bonds is 7.